The van der Waals surface area contributed by atoms with Crippen molar-refractivity contribution in [2.24, 2.45) is 11.7 Å². The maximum atomic E-state index is 8.54. The fraction of sp³-hybridized carbons (Fsp3) is 0.714. The Morgan fingerprint density at radius 3 is 2.78 bits per heavy atom. The second kappa shape index (κ2) is 2.99. The van der Waals surface area contributed by atoms with Crippen LogP contribution in [0.3, 0.4) is 0 Å². The van der Waals surface area contributed by atoms with Gasteiger partial charge in [0.05, 0.1) is 0 Å². The summed E-state index contributed by atoms with van der Waals surface area (Å²) in [6, 6.07) is 0.238. The molecule has 52 valence electrons. The van der Waals surface area contributed by atoms with Crippen LogP contribution in [0.2, 0.25) is 0 Å². The molecule has 1 aliphatic carbocycles. The van der Waals surface area contributed by atoms with Gasteiger partial charge in [-0.25, -0.2) is 0 Å². The fourth-order valence-corrected chi connectivity index (χ4v) is 1.19. The molecule has 0 bridgehead atoms. The van der Waals surface area contributed by atoms with Crippen LogP contribution < -0.4 is 5.73 Å². The summed E-state index contributed by atoms with van der Waals surface area (Å²) in [6.07, 6.45) is 5.99. The van der Waals surface area contributed by atoms with Gasteiger partial charge >= 0.3 is 0 Å². The Morgan fingerprint density at radius 2 is 2.33 bits per heavy atom. The van der Waals surface area contributed by atoms with Gasteiger partial charge in [0.15, 0.2) is 0 Å². The minimum atomic E-state index is 0.238. The van der Waals surface area contributed by atoms with E-state index in [4.69, 9.17) is 10.8 Å². The molecule has 9 heavy (non-hydrogen) atoms. The smallest absolute Gasteiger partial charge is 0.0436 e. The lowest BCUT2D eigenvalue weighted by Gasteiger charge is -2.04. The summed E-state index contributed by atoms with van der Waals surface area (Å²) in [6.45, 7) is 0.279. The van der Waals surface area contributed by atoms with Crippen LogP contribution in [0.15, 0.2) is 12.2 Å². The first-order valence-corrected chi connectivity index (χ1v) is 3.37. The molecule has 1 aliphatic rings. The standard InChI is InChI=1S/C7H13NO/c8-7-2-1-6(5-7)3-4-9/h1-2,6-7,9H,3-5,8H2. The number of hydrogen-bond donors (Lipinski definition) is 2. The number of aliphatic hydroxyl groups excluding tert-OH is 1. The van der Waals surface area contributed by atoms with Gasteiger partial charge < -0.3 is 10.8 Å². The van der Waals surface area contributed by atoms with E-state index in [1.165, 1.54) is 0 Å². The zero-order valence-electron chi connectivity index (χ0n) is 5.46. The molecular weight excluding hydrogens is 114 g/mol. The van der Waals surface area contributed by atoms with Crippen LogP contribution in [-0.2, 0) is 0 Å². The molecule has 0 aliphatic heterocycles. The van der Waals surface area contributed by atoms with Gasteiger partial charge in [-0.05, 0) is 18.8 Å². The molecule has 2 nitrogen and oxygen atoms in total. The first kappa shape index (κ1) is 6.78. The molecule has 0 fully saturated rings. The number of nitrogens with two attached hydrogens (primary N) is 1. The van der Waals surface area contributed by atoms with Gasteiger partial charge in [-0.3, -0.25) is 0 Å². The highest BCUT2D eigenvalue weighted by atomic mass is 16.3. The monoisotopic (exact) mass is 127 g/mol. The molecule has 0 saturated carbocycles. The molecule has 3 N–H and O–H groups in total. The summed E-state index contributed by atoms with van der Waals surface area (Å²) < 4.78 is 0. The second-order valence-corrected chi connectivity index (χ2v) is 2.56. The first-order valence-electron chi connectivity index (χ1n) is 3.37. The molecule has 0 aromatic carbocycles. The molecule has 1 rings (SSSR count). The largest absolute Gasteiger partial charge is 0.396 e. The van der Waals surface area contributed by atoms with E-state index in [2.05, 4.69) is 6.08 Å². The van der Waals surface area contributed by atoms with Crippen molar-refractivity contribution in [3.8, 4) is 0 Å². The molecule has 0 aromatic rings. The van der Waals surface area contributed by atoms with Gasteiger partial charge in [0.1, 0.15) is 0 Å². The van der Waals surface area contributed by atoms with Crippen molar-refractivity contribution in [2.45, 2.75) is 18.9 Å². The molecule has 0 amide bonds. The lowest BCUT2D eigenvalue weighted by atomic mass is 10.1. The predicted molar refractivity (Wildman–Crippen MR) is 36.9 cm³/mol. The highest BCUT2D eigenvalue weighted by Gasteiger charge is 2.13. The fourth-order valence-electron chi connectivity index (χ4n) is 1.19. The summed E-state index contributed by atoms with van der Waals surface area (Å²) >= 11 is 0. The van der Waals surface area contributed by atoms with Gasteiger partial charge in [-0.1, -0.05) is 12.2 Å². The van der Waals surface area contributed by atoms with Gasteiger partial charge in [-0.2, -0.15) is 0 Å². The van der Waals surface area contributed by atoms with Crippen molar-refractivity contribution in [2.75, 3.05) is 6.61 Å². The van der Waals surface area contributed by atoms with Crippen LogP contribution in [-0.4, -0.2) is 17.8 Å². The Morgan fingerprint density at radius 1 is 1.56 bits per heavy atom. The van der Waals surface area contributed by atoms with E-state index >= 15 is 0 Å². The van der Waals surface area contributed by atoms with Crippen LogP contribution in [0.25, 0.3) is 0 Å². The summed E-state index contributed by atoms with van der Waals surface area (Å²) in [5.41, 5.74) is 5.59. The van der Waals surface area contributed by atoms with Crippen molar-refractivity contribution < 1.29 is 5.11 Å². The van der Waals surface area contributed by atoms with Crippen molar-refractivity contribution in [3.63, 3.8) is 0 Å². The van der Waals surface area contributed by atoms with Gasteiger partial charge in [0.2, 0.25) is 0 Å². The quantitative estimate of drug-likeness (QED) is 0.523. The van der Waals surface area contributed by atoms with Gasteiger partial charge in [-0.15, -0.1) is 0 Å². The number of allylic oxidation sites excluding steroid dienone is 1. The third-order valence-electron chi connectivity index (χ3n) is 1.71. The maximum absolute atomic E-state index is 8.54. The summed E-state index contributed by atoms with van der Waals surface area (Å²) in [4.78, 5) is 0. The lowest BCUT2D eigenvalue weighted by Crippen LogP contribution is -2.15. The third-order valence-corrected chi connectivity index (χ3v) is 1.71. The normalized spacial score (nSPS) is 33.6. The minimum absolute atomic E-state index is 0.238. The molecule has 2 atom stereocenters. The molecule has 2 unspecified atom stereocenters. The van der Waals surface area contributed by atoms with Crippen molar-refractivity contribution in [1.29, 1.82) is 0 Å². The highest BCUT2D eigenvalue weighted by molar-refractivity contribution is 5.04. The van der Waals surface area contributed by atoms with E-state index in [1.807, 2.05) is 6.08 Å². The summed E-state index contributed by atoms with van der Waals surface area (Å²) in [5, 5.41) is 8.54. The number of aliphatic hydroxyl groups is 1. The predicted octanol–water partition coefficient (Wildman–Crippen LogP) is 0.272. The van der Waals surface area contributed by atoms with Crippen molar-refractivity contribution >= 4 is 0 Å². The molecule has 0 radical (unpaired) electrons. The molecular formula is C7H13NO. The second-order valence-electron chi connectivity index (χ2n) is 2.56. The van der Waals surface area contributed by atoms with Gasteiger partial charge in [0.25, 0.3) is 0 Å². The maximum Gasteiger partial charge on any atom is 0.0436 e. The molecule has 0 heterocycles. The average molecular weight is 127 g/mol. The van der Waals surface area contributed by atoms with E-state index < -0.39 is 0 Å². The lowest BCUT2D eigenvalue weighted by molar-refractivity contribution is 0.268. The van der Waals surface area contributed by atoms with Crippen LogP contribution in [0, 0.1) is 5.92 Å². The minimum Gasteiger partial charge on any atom is -0.396 e. The topological polar surface area (TPSA) is 46.2 Å². The van der Waals surface area contributed by atoms with E-state index in [0.29, 0.717) is 5.92 Å². The van der Waals surface area contributed by atoms with E-state index in [1.54, 1.807) is 0 Å². The highest BCUT2D eigenvalue weighted by Crippen LogP contribution is 2.18. The van der Waals surface area contributed by atoms with Crippen molar-refractivity contribution in [1.82, 2.24) is 0 Å². The Balaban J connectivity index is 2.24. The Kier molecular flexibility index (Phi) is 2.25. The zero-order chi connectivity index (χ0) is 6.69. The molecule has 0 saturated heterocycles. The van der Waals surface area contributed by atoms with Crippen LogP contribution in [0.1, 0.15) is 12.8 Å². The molecule has 0 spiro atoms. The van der Waals surface area contributed by atoms with E-state index in [-0.39, 0.29) is 12.6 Å². The van der Waals surface area contributed by atoms with E-state index in [9.17, 15) is 0 Å². The SMILES string of the molecule is NC1C=CC(CCO)C1. The average Bonchev–Trinajstić information content (AvgIpc) is 2.17. The Labute approximate surface area is 55.4 Å². The third kappa shape index (κ3) is 1.80. The Hall–Kier alpha value is -0.340. The zero-order valence-corrected chi connectivity index (χ0v) is 5.46. The van der Waals surface area contributed by atoms with E-state index in [0.717, 1.165) is 12.8 Å². The molecule has 2 heteroatoms. The first-order chi connectivity index (χ1) is 4.33. The van der Waals surface area contributed by atoms with Crippen LogP contribution in [0.4, 0.5) is 0 Å². The summed E-state index contributed by atoms with van der Waals surface area (Å²) in [7, 11) is 0. The van der Waals surface area contributed by atoms with Crippen LogP contribution in [0.5, 0.6) is 0 Å². The van der Waals surface area contributed by atoms with Gasteiger partial charge in [0, 0.05) is 12.6 Å². The summed E-state index contributed by atoms with van der Waals surface area (Å²) in [5.74, 6) is 0.532. The Bertz CT molecular complexity index is 111. The van der Waals surface area contributed by atoms with Crippen LogP contribution >= 0.6 is 0 Å². The number of rotatable bonds is 2. The number of hydrogen-bond acceptors (Lipinski definition) is 2. The van der Waals surface area contributed by atoms with Crippen molar-refractivity contribution in [3.05, 3.63) is 12.2 Å². The molecule has 0 aromatic heterocycles.